The summed E-state index contributed by atoms with van der Waals surface area (Å²) in [4.78, 5) is 24.7. The van der Waals surface area contributed by atoms with E-state index in [0.717, 1.165) is 0 Å². The first-order valence-corrected chi connectivity index (χ1v) is 8.87. The number of hydrogen-bond acceptors (Lipinski definition) is 4. The van der Waals surface area contributed by atoms with Gasteiger partial charge in [-0.2, -0.15) is 8.78 Å². The normalized spacial score (nSPS) is 10.4. The summed E-state index contributed by atoms with van der Waals surface area (Å²) in [7, 11) is 1.52. The smallest absolute Gasteiger partial charge is 0.387 e. The van der Waals surface area contributed by atoms with E-state index in [2.05, 4.69) is 15.4 Å². The highest BCUT2D eigenvalue weighted by Crippen LogP contribution is 2.24. The van der Waals surface area contributed by atoms with Crippen molar-refractivity contribution in [1.29, 1.82) is 0 Å². The lowest BCUT2D eigenvalue weighted by molar-refractivity contribution is -0.0498. The molecule has 6 nitrogen and oxygen atoms in total. The van der Waals surface area contributed by atoms with Crippen molar-refractivity contribution in [3.63, 3.8) is 0 Å². The summed E-state index contributed by atoms with van der Waals surface area (Å²) < 4.78 is 33.8. The van der Waals surface area contributed by atoms with Crippen LogP contribution >= 0.6 is 0 Å². The van der Waals surface area contributed by atoms with Crippen molar-refractivity contribution >= 4 is 23.2 Å². The van der Waals surface area contributed by atoms with Crippen LogP contribution in [0.2, 0.25) is 0 Å². The van der Waals surface area contributed by atoms with Gasteiger partial charge in [-0.15, -0.1) is 0 Å². The molecule has 0 atom stereocenters. The molecule has 0 aromatic heterocycles. The molecular weight excluding hydrogens is 394 g/mol. The predicted molar refractivity (Wildman–Crippen MR) is 108 cm³/mol. The van der Waals surface area contributed by atoms with Gasteiger partial charge in [0.15, 0.2) is 0 Å². The predicted octanol–water partition coefficient (Wildman–Crippen LogP) is 4.80. The van der Waals surface area contributed by atoms with Crippen LogP contribution in [0.5, 0.6) is 11.5 Å². The number of amides is 2. The van der Waals surface area contributed by atoms with Crippen LogP contribution in [0.25, 0.3) is 0 Å². The molecule has 0 heterocycles. The Labute approximate surface area is 171 Å². The van der Waals surface area contributed by atoms with E-state index in [4.69, 9.17) is 4.74 Å². The summed E-state index contributed by atoms with van der Waals surface area (Å²) in [6, 6.07) is 18.7. The largest absolute Gasteiger partial charge is 0.495 e. The lowest BCUT2D eigenvalue weighted by Gasteiger charge is -2.10. The SMILES string of the molecule is COc1ccccc1NC(=O)c1ccc(NC(=O)c2ccc(OC(F)F)cc2)cc1. The highest BCUT2D eigenvalue weighted by Gasteiger charge is 2.11. The Morgan fingerprint density at radius 3 is 1.97 bits per heavy atom. The number of ether oxygens (including phenoxy) is 2. The lowest BCUT2D eigenvalue weighted by Crippen LogP contribution is -2.14. The van der Waals surface area contributed by atoms with Crippen molar-refractivity contribution in [2.24, 2.45) is 0 Å². The molecule has 0 saturated carbocycles. The van der Waals surface area contributed by atoms with Crippen LogP contribution in [-0.2, 0) is 0 Å². The van der Waals surface area contributed by atoms with Crippen molar-refractivity contribution in [1.82, 2.24) is 0 Å². The second-order valence-electron chi connectivity index (χ2n) is 6.09. The van der Waals surface area contributed by atoms with Crippen LogP contribution in [-0.4, -0.2) is 25.5 Å². The Morgan fingerprint density at radius 2 is 1.37 bits per heavy atom. The third-order valence-electron chi connectivity index (χ3n) is 4.10. The molecule has 0 aliphatic rings. The molecule has 0 fully saturated rings. The van der Waals surface area contributed by atoms with Gasteiger partial charge >= 0.3 is 6.61 Å². The fourth-order valence-corrected chi connectivity index (χ4v) is 2.64. The average molecular weight is 412 g/mol. The van der Waals surface area contributed by atoms with Crippen molar-refractivity contribution in [3.8, 4) is 11.5 Å². The van der Waals surface area contributed by atoms with Gasteiger partial charge in [0.1, 0.15) is 11.5 Å². The summed E-state index contributed by atoms with van der Waals surface area (Å²) in [6.07, 6.45) is 0. The number of carbonyl (C=O) groups is 2. The maximum absolute atomic E-state index is 12.4. The molecule has 30 heavy (non-hydrogen) atoms. The Hall–Kier alpha value is -3.94. The summed E-state index contributed by atoms with van der Waals surface area (Å²) in [5.41, 5.74) is 1.69. The maximum atomic E-state index is 12.4. The van der Waals surface area contributed by atoms with Gasteiger partial charge in [-0.3, -0.25) is 9.59 Å². The fraction of sp³-hybridized carbons (Fsp3) is 0.0909. The zero-order chi connectivity index (χ0) is 21.5. The maximum Gasteiger partial charge on any atom is 0.387 e. The average Bonchev–Trinajstić information content (AvgIpc) is 2.74. The van der Waals surface area contributed by atoms with E-state index in [1.54, 1.807) is 48.5 Å². The van der Waals surface area contributed by atoms with Crippen molar-refractivity contribution in [3.05, 3.63) is 83.9 Å². The molecule has 0 saturated heterocycles. The molecule has 2 amide bonds. The molecule has 3 rings (SSSR count). The van der Waals surface area contributed by atoms with Gasteiger partial charge in [0.2, 0.25) is 0 Å². The minimum absolute atomic E-state index is 0.0352. The molecule has 0 aliphatic heterocycles. The Kier molecular flexibility index (Phi) is 6.59. The van der Waals surface area contributed by atoms with Gasteiger partial charge in [0.25, 0.3) is 11.8 Å². The lowest BCUT2D eigenvalue weighted by atomic mass is 10.1. The fourth-order valence-electron chi connectivity index (χ4n) is 2.64. The van der Waals surface area contributed by atoms with Gasteiger partial charge < -0.3 is 20.1 Å². The highest BCUT2D eigenvalue weighted by molar-refractivity contribution is 6.06. The number of halogens is 2. The number of para-hydroxylation sites is 2. The zero-order valence-corrected chi connectivity index (χ0v) is 15.9. The summed E-state index contributed by atoms with van der Waals surface area (Å²) in [6.45, 7) is -2.93. The quantitative estimate of drug-likeness (QED) is 0.584. The third-order valence-corrected chi connectivity index (χ3v) is 4.10. The van der Waals surface area contributed by atoms with Crippen LogP contribution in [0.3, 0.4) is 0 Å². The molecule has 154 valence electrons. The first-order chi connectivity index (χ1) is 14.5. The van der Waals surface area contributed by atoms with Crippen molar-refractivity contribution < 1.29 is 27.8 Å². The third kappa shape index (κ3) is 5.32. The topological polar surface area (TPSA) is 76.7 Å². The monoisotopic (exact) mass is 412 g/mol. The number of methoxy groups -OCH3 is 1. The summed E-state index contributed by atoms with van der Waals surface area (Å²) in [5.74, 6) is -0.247. The second-order valence-corrected chi connectivity index (χ2v) is 6.09. The standard InChI is InChI=1S/C22H18F2N2O4/c1-29-19-5-3-2-4-18(19)26-21(28)14-6-10-16(11-7-14)25-20(27)15-8-12-17(13-9-15)30-22(23)24/h2-13,22H,1H3,(H,25,27)(H,26,28). The summed E-state index contributed by atoms with van der Waals surface area (Å²) >= 11 is 0. The van der Waals surface area contributed by atoms with Gasteiger partial charge in [-0.1, -0.05) is 12.1 Å². The van der Waals surface area contributed by atoms with Crippen LogP contribution in [0.15, 0.2) is 72.8 Å². The van der Waals surface area contributed by atoms with Crippen LogP contribution in [0, 0.1) is 0 Å². The number of carbonyl (C=O) groups excluding carboxylic acids is 2. The van der Waals surface area contributed by atoms with Crippen molar-refractivity contribution in [2.45, 2.75) is 6.61 Å². The first-order valence-electron chi connectivity index (χ1n) is 8.87. The number of alkyl halides is 2. The number of nitrogens with one attached hydrogen (secondary N) is 2. The molecule has 0 radical (unpaired) electrons. The molecule has 0 aliphatic carbocycles. The van der Waals surface area contributed by atoms with E-state index in [9.17, 15) is 18.4 Å². The molecule has 8 heteroatoms. The Bertz CT molecular complexity index is 1020. The minimum Gasteiger partial charge on any atom is -0.495 e. The molecule has 3 aromatic carbocycles. The minimum atomic E-state index is -2.93. The van der Waals surface area contributed by atoms with Crippen LogP contribution < -0.4 is 20.1 Å². The van der Waals surface area contributed by atoms with E-state index in [-0.39, 0.29) is 17.2 Å². The molecule has 0 bridgehead atoms. The van der Waals surface area contributed by atoms with E-state index in [1.807, 2.05) is 0 Å². The van der Waals surface area contributed by atoms with Gasteiger partial charge in [-0.25, -0.2) is 0 Å². The number of benzene rings is 3. The summed E-state index contributed by atoms with van der Waals surface area (Å²) in [5, 5.41) is 5.44. The van der Waals surface area contributed by atoms with E-state index in [1.165, 1.54) is 31.4 Å². The molecule has 0 spiro atoms. The van der Waals surface area contributed by atoms with Gasteiger partial charge in [0.05, 0.1) is 12.8 Å². The molecular formula is C22H18F2N2O4. The number of anilines is 2. The Balaban J connectivity index is 1.62. The van der Waals surface area contributed by atoms with E-state index < -0.39 is 12.5 Å². The number of rotatable bonds is 7. The highest BCUT2D eigenvalue weighted by atomic mass is 19.3. The molecule has 3 aromatic rings. The zero-order valence-electron chi connectivity index (χ0n) is 15.9. The van der Waals surface area contributed by atoms with E-state index >= 15 is 0 Å². The molecule has 2 N–H and O–H groups in total. The second kappa shape index (κ2) is 9.51. The van der Waals surface area contributed by atoms with Gasteiger partial charge in [-0.05, 0) is 60.7 Å². The van der Waals surface area contributed by atoms with E-state index in [0.29, 0.717) is 22.7 Å². The number of hydrogen-bond donors (Lipinski definition) is 2. The van der Waals surface area contributed by atoms with Gasteiger partial charge in [0, 0.05) is 16.8 Å². The van der Waals surface area contributed by atoms with Crippen LogP contribution in [0.4, 0.5) is 20.2 Å². The Morgan fingerprint density at radius 1 is 0.800 bits per heavy atom. The van der Waals surface area contributed by atoms with Crippen molar-refractivity contribution in [2.75, 3.05) is 17.7 Å². The van der Waals surface area contributed by atoms with Crippen LogP contribution in [0.1, 0.15) is 20.7 Å². The molecule has 0 unspecified atom stereocenters. The first kappa shape index (κ1) is 20.8.